The van der Waals surface area contributed by atoms with Crippen LogP contribution in [-0.2, 0) is 15.3 Å². The first-order chi connectivity index (χ1) is 11.0. The highest BCUT2D eigenvalue weighted by Gasteiger charge is 2.13. The minimum absolute atomic E-state index is 0.0294. The lowest BCUT2D eigenvalue weighted by atomic mass is 10.2. The summed E-state index contributed by atoms with van der Waals surface area (Å²) in [7, 11) is 0. The van der Waals surface area contributed by atoms with Crippen molar-refractivity contribution in [3.05, 3.63) is 60.2 Å². The topological polar surface area (TPSA) is 58.2 Å². The average molecular weight is 328 g/mol. The van der Waals surface area contributed by atoms with Crippen molar-refractivity contribution in [3.63, 3.8) is 0 Å². The van der Waals surface area contributed by atoms with E-state index in [4.69, 9.17) is 0 Å². The van der Waals surface area contributed by atoms with Crippen molar-refractivity contribution in [3.8, 4) is 0 Å². The Morgan fingerprint density at radius 3 is 2.09 bits per heavy atom. The van der Waals surface area contributed by atoms with Crippen LogP contribution in [0.5, 0.6) is 0 Å². The minimum Gasteiger partial charge on any atom is -0.326 e. The second kappa shape index (κ2) is 8.39. The normalized spacial score (nSPS) is 11.6. The standard InChI is InChI=1S/C18H20N2O2S/c1-13(23-12-15-6-4-3-5-7-15)18(22)20-17-10-8-16(9-11-17)19-14(2)21/h3-11,13H,12H2,1-2H3,(H,19,21)(H,20,22)/t13-/m1/s1. The first-order valence-corrected chi connectivity index (χ1v) is 8.43. The average Bonchev–Trinajstić information content (AvgIpc) is 2.55. The van der Waals surface area contributed by atoms with Crippen LogP contribution in [-0.4, -0.2) is 17.1 Å². The Bertz CT molecular complexity index is 656. The zero-order valence-corrected chi connectivity index (χ0v) is 14.0. The highest BCUT2D eigenvalue weighted by molar-refractivity contribution is 7.99. The number of carbonyl (C=O) groups is 2. The lowest BCUT2D eigenvalue weighted by molar-refractivity contribution is -0.115. The van der Waals surface area contributed by atoms with Crippen molar-refractivity contribution >= 4 is 35.0 Å². The number of amides is 2. The smallest absolute Gasteiger partial charge is 0.237 e. The summed E-state index contributed by atoms with van der Waals surface area (Å²) in [6.45, 7) is 3.36. The zero-order chi connectivity index (χ0) is 16.7. The van der Waals surface area contributed by atoms with Gasteiger partial charge in [0.15, 0.2) is 0 Å². The van der Waals surface area contributed by atoms with Crippen molar-refractivity contribution in [2.45, 2.75) is 24.9 Å². The van der Waals surface area contributed by atoms with Crippen molar-refractivity contribution in [2.24, 2.45) is 0 Å². The fraction of sp³-hybridized carbons (Fsp3) is 0.222. The number of hydrogen-bond donors (Lipinski definition) is 2. The van der Waals surface area contributed by atoms with Crippen LogP contribution in [0.3, 0.4) is 0 Å². The third-order valence-electron chi connectivity index (χ3n) is 3.18. The maximum absolute atomic E-state index is 12.2. The molecule has 0 aliphatic carbocycles. The molecule has 0 aliphatic heterocycles. The first kappa shape index (κ1) is 17.1. The SMILES string of the molecule is CC(=O)Nc1ccc(NC(=O)[C@@H](C)SCc2ccccc2)cc1. The summed E-state index contributed by atoms with van der Waals surface area (Å²) >= 11 is 1.60. The molecule has 0 heterocycles. The molecule has 23 heavy (non-hydrogen) atoms. The maximum Gasteiger partial charge on any atom is 0.237 e. The molecule has 2 aromatic carbocycles. The van der Waals surface area contributed by atoms with Crippen LogP contribution in [0.2, 0.25) is 0 Å². The molecule has 0 aliphatic rings. The van der Waals surface area contributed by atoms with Gasteiger partial charge in [0.25, 0.3) is 0 Å². The van der Waals surface area contributed by atoms with Gasteiger partial charge in [0.1, 0.15) is 0 Å². The molecule has 2 N–H and O–H groups in total. The van der Waals surface area contributed by atoms with Crippen molar-refractivity contribution in [2.75, 3.05) is 10.6 Å². The molecule has 5 heteroatoms. The fourth-order valence-corrected chi connectivity index (χ4v) is 2.80. The molecule has 120 valence electrons. The minimum atomic E-state index is -0.148. The monoisotopic (exact) mass is 328 g/mol. The molecule has 2 aromatic rings. The van der Waals surface area contributed by atoms with E-state index in [9.17, 15) is 9.59 Å². The predicted octanol–water partition coefficient (Wildman–Crippen LogP) is 3.91. The predicted molar refractivity (Wildman–Crippen MR) is 96.6 cm³/mol. The van der Waals surface area contributed by atoms with Crippen LogP contribution >= 0.6 is 11.8 Å². The summed E-state index contributed by atoms with van der Waals surface area (Å²) in [5.74, 6) is 0.655. The van der Waals surface area contributed by atoms with Crippen molar-refractivity contribution < 1.29 is 9.59 Å². The van der Waals surface area contributed by atoms with E-state index in [0.29, 0.717) is 5.69 Å². The molecule has 0 saturated heterocycles. The fourth-order valence-electron chi connectivity index (χ4n) is 1.96. The number of thioether (sulfide) groups is 1. The number of hydrogen-bond acceptors (Lipinski definition) is 3. The Morgan fingerprint density at radius 2 is 1.52 bits per heavy atom. The Morgan fingerprint density at radius 1 is 0.957 bits per heavy atom. The van der Waals surface area contributed by atoms with Gasteiger partial charge >= 0.3 is 0 Å². The first-order valence-electron chi connectivity index (χ1n) is 7.38. The Balaban J connectivity index is 1.84. The Hall–Kier alpha value is -2.27. The molecule has 0 aromatic heterocycles. The summed E-state index contributed by atoms with van der Waals surface area (Å²) in [6, 6.07) is 17.2. The molecule has 0 unspecified atom stereocenters. The van der Waals surface area contributed by atoms with Gasteiger partial charge in [0.2, 0.25) is 11.8 Å². The molecule has 0 radical (unpaired) electrons. The van der Waals surface area contributed by atoms with E-state index in [2.05, 4.69) is 22.8 Å². The second-order valence-electron chi connectivity index (χ2n) is 5.19. The summed E-state index contributed by atoms with van der Waals surface area (Å²) in [5.41, 5.74) is 2.63. The Kier molecular flexibility index (Phi) is 6.23. The van der Waals surface area contributed by atoms with Gasteiger partial charge in [-0.3, -0.25) is 9.59 Å². The number of anilines is 2. The number of benzene rings is 2. The van der Waals surface area contributed by atoms with Crippen LogP contribution in [0.4, 0.5) is 11.4 Å². The molecular weight excluding hydrogens is 308 g/mol. The van der Waals surface area contributed by atoms with Crippen molar-refractivity contribution in [1.82, 2.24) is 0 Å². The summed E-state index contributed by atoms with van der Waals surface area (Å²) in [4.78, 5) is 23.2. The molecule has 0 fully saturated rings. The van der Waals surface area contributed by atoms with Crippen LogP contribution < -0.4 is 10.6 Å². The second-order valence-corrected chi connectivity index (χ2v) is 6.52. The molecule has 0 saturated carbocycles. The number of nitrogens with one attached hydrogen (secondary N) is 2. The van der Waals surface area contributed by atoms with Crippen LogP contribution in [0.15, 0.2) is 54.6 Å². The zero-order valence-electron chi connectivity index (χ0n) is 13.2. The summed E-state index contributed by atoms with van der Waals surface area (Å²) in [5, 5.41) is 5.43. The van der Waals surface area contributed by atoms with E-state index in [1.54, 1.807) is 36.0 Å². The molecule has 2 amide bonds. The summed E-state index contributed by atoms with van der Waals surface area (Å²) in [6.07, 6.45) is 0. The maximum atomic E-state index is 12.2. The molecule has 1 atom stereocenters. The van der Waals surface area contributed by atoms with Crippen molar-refractivity contribution in [1.29, 1.82) is 0 Å². The quantitative estimate of drug-likeness (QED) is 0.845. The molecular formula is C18H20N2O2S. The van der Waals surface area contributed by atoms with Gasteiger partial charge < -0.3 is 10.6 Å². The number of rotatable bonds is 6. The van der Waals surface area contributed by atoms with E-state index in [-0.39, 0.29) is 17.1 Å². The third kappa shape index (κ3) is 5.79. The van der Waals surface area contributed by atoms with Crippen LogP contribution in [0, 0.1) is 0 Å². The molecule has 4 nitrogen and oxygen atoms in total. The lowest BCUT2D eigenvalue weighted by Gasteiger charge is -2.12. The summed E-state index contributed by atoms with van der Waals surface area (Å²) < 4.78 is 0. The highest BCUT2D eigenvalue weighted by Crippen LogP contribution is 2.20. The van der Waals surface area contributed by atoms with Gasteiger partial charge in [-0.1, -0.05) is 30.3 Å². The molecule has 2 rings (SSSR count). The van der Waals surface area contributed by atoms with Gasteiger partial charge in [-0.2, -0.15) is 0 Å². The van der Waals surface area contributed by atoms with E-state index < -0.39 is 0 Å². The Labute approximate surface area is 140 Å². The lowest BCUT2D eigenvalue weighted by Crippen LogP contribution is -2.22. The van der Waals surface area contributed by atoms with E-state index in [1.165, 1.54) is 12.5 Å². The number of carbonyl (C=O) groups excluding carboxylic acids is 2. The van der Waals surface area contributed by atoms with Gasteiger partial charge in [-0.25, -0.2) is 0 Å². The van der Waals surface area contributed by atoms with Crippen LogP contribution in [0.1, 0.15) is 19.4 Å². The largest absolute Gasteiger partial charge is 0.326 e. The highest BCUT2D eigenvalue weighted by atomic mass is 32.2. The van der Waals surface area contributed by atoms with Gasteiger partial charge in [-0.15, -0.1) is 11.8 Å². The van der Waals surface area contributed by atoms with Gasteiger partial charge in [0, 0.05) is 24.1 Å². The van der Waals surface area contributed by atoms with E-state index in [1.807, 2.05) is 25.1 Å². The van der Waals surface area contributed by atoms with Gasteiger partial charge in [0.05, 0.1) is 5.25 Å². The molecule has 0 spiro atoms. The van der Waals surface area contributed by atoms with Gasteiger partial charge in [-0.05, 0) is 36.8 Å². The third-order valence-corrected chi connectivity index (χ3v) is 4.40. The van der Waals surface area contributed by atoms with Crippen LogP contribution in [0.25, 0.3) is 0 Å². The van der Waals surface area contributed by atoms with E-state index >= 15 is 0 Å². The molecule has 0 bridgehead atoms. The van der Waals surface area contributed by atoms with E-state index in [0.717, 1.165) is 11.4 Å².